The lowest BCUT2D eigenvalue weighted by atomic mass is 9.99. The zero-order valence-electron chi connectivity index (χ0n) is 9.13. The third kappa shape index (κ3) is 2.57. The summed E-state index contributed by atoms with van der Waals surface area (Å²) in [6, 6.07) is 6.85. The van der Waals surface area contributed by atoms with Crippen molar-refractivity contribution in [1.29, 1.82) is 0 Å². The molecule has 0 aliphatic heterocycles. The summed E-state index contributed by atoms with van der Waals surface area (Å²) in [5.41, 5.74) is 6.19. The van der Waals surface area contributed by atoms with Crippen LogP contribution < -0.4 is 5.73 Å². The first-order valence-electron chi connectivity index (χ1n) is 5.14. The van der Waals surface area contributed by atoms with E-state index in [0.717, 1.165) is 6.07 Å². The first-order valence-corrected chi connectivity index (χ1v) is 5.94. The first kappa shape index (κ1) is 13.1. The summed E-state index contributed by atoms with van der Waals surface area (Å²) in [6.07, 6.45) is 0. The first-order chi connectivity index (χ1) is 8.49. The maximum absolute atomic E-state index is 13.6. The standard InChI is InChI=1S/C13H9BrF3N/c14-8-4-7(5-9(15)6-8)13(18)10-2-1-3-11(16)12(10)17/h1-6,13H,18H2. The van der Waals surface area contributed by atoms with Gasteiger partial charge in [-0.25, -0.2) is 13.2 Å². The van der Waals surface area contributed by atoms with Crippen molar-refractivity contribution in [2.45, 2.75) is 6.04 Å². The van der Waals surface area contributed by atoms with Crippen molar-refractivity contribution in [3.05, 3.63) is 69.4 Å². The molecule has 1 nitrogen and oxygen atoms in total. The fraction of sp³-hybridized carbons (Fsp3) is 0.0769. The predicted octanol–water partition coefficient (Wildman–Crippen LogP) is 3.91. The van der Waals surface area contributed by atoms with Crippen molar-refractivity contribution >= 4 is 15.9 Å². The Morgan fingerprint density at radius 1 is 1.06 bits per heavy atom. The van der Waals surface area contributed by atoms with Crippen LogP contribution in [0.25, 0.3) is 0 Å². The number of nitrogens with two attached hydrogens (primary N) is 1. The minimum absolute atomic E-state index is 0.00694. The van der Waals surface area contributed by atoms with Gasteiger partial charge >= 0.3 is 0 Å². The van der Waals surface area contributed by atoms with E-state index in [1.165, 1.54) is 24.3 Å². The lowest BCUT2D eigenvalue weighted by Gasteiger charge is -2.14. The van der Waals surface area contributed by atoms with Gasteiger partial charge in [0.2, 0.25) is 0 Å². The van der Waals surface area contributed by atoms with E-state index in [0.29, 0.717) is 10.0 Å². The van der Waals surface area contributed by atoms with Crippen LogP contribution >= 0.6 is 15.9 Å². The average molecular weight is 316 g/mol. The molecule has 0 bridgehead atoms. The van der Waals surface area contributed by atoms with Gasteiger partial charge in [-0.1, -0.05) is 28.1 Å². The number of hydrogen-bond donors (Lipinski definition) is 1. The Hall–Kier alpha value is -1.33. The molecule has 0 heterocycles. The molecule has 94 valence electrons. The Balaban J connectivity index is 2.47. The minimum Gasteiger partial charge on any atom is -0.320 e. The van der Waals surface area contributed by atoms with E-state index in [1.54, 1.807) is 6.07 Å². The van der Waals surface area contributed by atoms with E-state index in [1.807, 2.05) is 0 Å². The fourth-order valence-corrected chi connectivity index (χ4v) is 2.18. The Morgan fingerprint density at radius 3 is 2.44 bits per heavy atom. The fourth-order valence-electron chi connectivity index (χ4n) is 1.69. The summed E-state index contributed by atoms with van der Waals surface area (Å²) in [5, 5.41) is 0. The second-order valence-corrected chi connectivity index (χ2v) is 4.74. The van der Waals surface area contributed by atoms with E-state index >= 15 is 0 Å². The highest BCUT2D eigenvalue weighted by Crippen LogP contribution is 2.26. The van der Waals surface area contributed by atoms with Gasteiger partial charge in [-0.2, -0.15) is 0 Å². The molecule has 0 amide bonds. The van der Waals surface area contributed by atoms with Gasteiger partial charge in [0.15, 0.2) is 11.6 Å². The number of benzene rings is 2. The molecule has 0 saturated carbocycles. The third-order valence-corrected chi connectivity index (χ3v) is 3.02. The lowest BCUT2D eigenvalue weighted by molar-refractivity contribution is 0.494. The van der Waals surface area contributed by atoms with Crippen molar-refractivity contribution in [2.24, 2.45) is 5.73 Å². The summed E-state index contributed by atoms with van der Waals surface area (Å²) in [4.78, 5) is 0. The number of rotatable bonds is 2. The predicted molar refractivity (Wildman–Crippen MR) is 66.5 cm³/mol. The highest BCUT2D eigenvalue weighted by atomic mass is 79.9. The molecule has 0 aromatic heterocycles. The van der Waals surface area contributed by atoms with Gasteiger partial charge in [0.25, 0.3) is 0 Å². The smallest absolute Gasteiger partial charge is 0.163 e. The molecule has 5 heteroatoms. The van der Waals surface area contributed by atoms with Gasteiger partial charge in [0.1, 0.15) is 5.82 Å². The highest BCUT2D eigenvalue weighted by molar-refractivity contribution is 9.10. The van der Waals surface area contributed by atoms with Crippen molar-refractivity contribution in [3.63, 3.8) is 0 Å². The van der Waals surface area contributed by atoms with Crippen LogP contribution in [0.1, 0.15) is 17.2 Å². The molecule has 1 unspecified atom stereocenters. The molecule has 0 spiro atoms. The van der Waals surface area contributed by atoms with Crippen LogP contribution in [0, 0.1) is 17.5 Å². The number of hydrogen-bond acceptors (Lipinski definition) is 1. The molecular formula is C13H9BrF3N. The van der Waals surface area contributed by atoms with Crippen LogP contribution in [0.2, 0.25) is 0 Å². The maximum atomic E-state index is 13.6. The Morgan fingerprint density at radius 2 is 1.78 bits per heavy atom. The van der Waals surface area contributed by atoms with E-state index in [4.69, 9.17) is 5.73 Å². The quantitative estimate of drug-likeness (QED) is 0.893. The molecule has 18 heavy (non-hydrogen) atoms. The minimum atomic E-state index is -1.01. The molecule has 2 rings (SSSR count). The van der Waals surface area contributed by atoms with Crippen LogP contribution in [0.3, 0.4) is 0 Å². The SMILES string of the molecule is NC(c1cc(F)cc(Br)c1)c1cccc(F)c1F. The molecule has 0 aliphatic rings. The zero-order valence-corrected chi connectivity index (χ0v) is 10.7. The van der Waals surface area contributed by atoms with Crippen LogP contribution in [-0.4, -0.2) is 0 Å². The average Bonchev–Trinajstić information content (AvgIpc) is 2.30. The van der Waals surface area contributed by atoms with E-state index in [2.05, 4.69) is 15.9 Å². The van der Waals surface area contributed by atoms with Crippen LogP contribution in [-0.2, 0) is 0 Å². The molecule has 0 fully saturated rings. The van der Waals surface area contributed by atoms with Crippen LogP contribution in [0.4, 0.5) is 13.2 Å². The summed E-state index contributed by atoms with van der Waals surface area (Å²) in [5.74, 6) is -2.48. The largest absolute Gasteiger partial charge is 0.320 e. The van der Waals surface area contributed by atoms with Crippen LogP contribution in [0.15, 0.2) is 40.9 Å². The summed E-state index contributed by atoms with van der Waals surface area (Å²) in [7, 11) is 0. The van der Waals surface area contributed by atoms with Gasteiger partial charge in [-0.05, 0) is 29.8 Å². The molecule has 2 N–H and O–H groups in total. The monoisotopic (exact) mass is 315 g/mol. The topological polar surface area (TPSA) is 26.0 Å². The normalized spacial score (nSPS) is 12.5. The van der Waals surface area contributed by atoms with Gasteiger partial charge in [-0.15, -0.1) is 0 Å². The molecule has 2 aromatic carbocycles. The highest BCUT2D eigenvalue weighted by Gasteiger charge is 2.17. The summed E-state index contributed by atoms with van der Waals surface area (Å²) < 4.78 is 40.4. The Kier molecular flexibility index (Phi) is 3.73. The van der Waals surface area contributed by atoms with Crippen molar-refractivity contribution in [3.8, 4) is 0 Å². The molecule has 0 radical (unpaired) electrons. The van der Waals surface area contributed by atoms with E-state index < -0.39 is 23.5 Å². The van der Waals surface area contributed by atoms with Gasteiger partial charge in [0.05, 0.1) is 6.04 Å². The molecular weight excluding hydrogens is 307 g/mol. The summed E-state index contributed by atoms with van der Waals surface area (Å²) in [6.45, 7) is 0. The van der Waals surface area contributed by atoms with Gasteiger partial charge in [0, 0.05) is 10.0 Å². The van der Waals surface area contributed by atoms with E-state index in [-0.39, 0.29) is 5.56 Å². The maximum Gasteiger partial charge on any atom is 0.163 e. The number of halogens is 4. The second kappa shape index (κ2) is 5.12. The Labute approximate surface area is 111 Å². The molecule has 2 aromatic rings. The van der Waals surface area contributed by atoms with Crippen molar-refractivity contribution in [1.82, 2.24) is 0 Å². The lowest BCUT2D eigenvalue weighted by Crippen LogP contribution is -2.14. The second-order valence-electron chi connectivity index (χ2n) is 3.82. The van der Waals surface area contributed by atoms with Crippen molar-refractivity contribution in [2.75, 3.05) is 0 Å². The van der Waals surface area contributed by atoms with Crippen molar-refractivity contribution < 1.29 is 13.2 Å². The van der Waals surface area contributed by atoms with E-state index in [9.17, 15) is 13.2 Å². The molecule has 0 saturated heterocycles. The van der Waals surface area contributed by atoms with Gasteiger partial charge < -0.3 is 5.73 Å². The van der Waals surface area contributed by atoms with Gasteiger partial charge in [-0.3, -0.25) is 0 Å². The Bertz CT molecular complexity index is 566. The molecule has 0 aliphatic carbocycles. The molecule has 1 atom stereocenters. The zero-order chi connectivity index (χ0) is 13.3. The third-order valence-electron chi connectivity index (χ3n) is 2.56. The van der Waals surface area contributed by atoms with Crippen LogP contribution in [0.5, 0.6) is 0 Å². The summed E-state index contributed by atoms with van der Waals surface area (Å²) >= 11 is 3.12.